The van der Waals surface area contributed by atoms with Crippen LogP contribution in [0.4, 0.5) is 0 Å². The van der Waals surface area contributed by atoms with Crippen LogP contribution in [0.5, 0.6) is 0 Å². The van der Waals surface area contributed by atoms with Crippen LogP contribution in [-0.2, 0) is 5.41 Å². The first-order chi connectivity index (χ1) is 35.1. The van der Waals surface area contributed by atoms with Crippen LogP contribution in [0.2, 0.25) is 0 Å². The molecule has 1 aliphatic heterocycles. The van der Waals surface area contributed by atoms with Crippen LogP contribution in [0.25, 0.3) is 92.3 Å². The second-order valence-corrected chi connectivity index (χ2v) is 19.8. The maximum atomic E-state index is 6.75. The summed E-state index contributed by atoms with van der Waals surface area (Å²) in [5.74, 6) is 0.619. The molecule has 12 aromatic rings. The smallest absolute Gasteiger partial charge is 0.160 e. The molecule has 4 heteroatoms. The Kier molecular flexibility index (Phi) is 8.60. The first kappa shape index (κ1) is 40.0. The SMILES string of the molecule is C=C1C=C(c2cccc3oc4ccc(-c5cccc6c5-c5ccccc5C65c6ccccc6-c6ccccc65)cc4c23)N=C(c2cccc(-c3ccccc3)c2)N=C1c1cccc2c1sc1ccccc12. The monoisotopic (exact) mass is 920 g/mol. The Morgan fingerprint density at radius 1 is 0.408 bits per heavy atom. The molecular weight excluding hydrogens is 881 g/mol. The summed E-state index contributed by atoms with van der Waals surface area (Å²) in [6.07, 6.45) is 2.12. The molecule has 2 aliphatic carbocycles. The number of benzene rings is 10. The maximum absolute atomic E-state index is 6.75. The maximum Gasteiger partial charge on any atom is 0.160 e. The van der Waals surface area contributed by atoms with Crippen molar-refractivity contribution in [2.24, 2.45) is 9.98 Å². The zero-order valence-corrected chi connectivity index (χ0v) is 39.2. The lowest BCUT2D eigenvalue weighted by atomic mass is 9.70. The summed E-state index contributed by atoms with van der Waals surface area (Å²) < 4.78 is 9.18. The molecular formula is C67H40N2OS. The Balaban J connectivity index is 0.928. The van der Waals surface area contributed by atoms with Gasteiger partial charge in [0.15, 0.2) is 5.84 Å². The molecule has 15 rings (SSSR count). The highest BCUT2D eigenvalue weighted by Gasteiger charge is 2.52. The summed E-state index contributed by atoms with van der Waals surface area (Å²) in [4.78, 5) is 11.1. The summed E-state index contributed by atoms with van der Waals surface area (Å²) in [7, 11) is 0. The van der Waals surface area contributed by atoms with Gasteiger partial charge in [-0.3, -0.25) is 0 Å². The quantitative estimate of drug-likeness (QED) is 0.169. The Bertz CT molecular complexity index is 4320. The molecule has 1 spiro atoms. The fourth-order valence-electron chi connectivity index (χ4n) is 12.1. The van der Waals surface area contributed by atoms with E-state index < -0.39 is 5.41 Å². The topological polar surface area (TPSA) is 37.9 Å². The Labute approximate surface area is 414 Å². The van der Waals surface area contributed by atoms with Crippen molar-refractivity contribution < 1.29 is 4.42 Å². The van der Waals surface area contributed by atoms with Crippen molar-refractivity contribution in [2.45, 2.75) is 5.41 Å². The number of aliphatic imine (C=N–C) groups is 2. The molecule has 0 bridgehead atoms. The largest absolute Gasteiger partial charge is 0.456 e. The van der Waals surface area contributed by atoms with E-state index in [0.29, 0.717) is 5.84 Å². The van der Waals surface area contributed by atoms with Gasteiger partial charge in [-0.05, 0) is 109 Å². The van der Waals surface area contributed by atoms with Gasteiger partial charge < -0.3 is 4.42 Å². The van der Waals surface area contributed by atoms with Gasteiger partial charge in [-0.25, -0.2) is 9.98 Å². The van der Waals surface area contributed by atoms with E-state index in [0.717, 1.165) is 72.3 Å². The van der Waals surface area contributed by atoms with E-state index in [1.165, 1.54) is 70.2 Å². The van der Waals surface area contributed by atoms with E-state index in [-0.39, 0.29) is 0 Å². The number of furan rings is 1. The standard InChI is InChI=1S/C67H40N2OS/c1-40-37-58(68-66(44-20-13-19-42(38-44)41-17-3-2-4-18-41)69-64(40)52-28-14-26-49-48-23-8-12-34-61(48)71-65(49)52)51-27-16-33-60-63(51)53-39-43(35-36-59(53)70-60)45-25-15-32-57-62(45)50-24-7-11-31-56(50)67(57)54-29-9-5-21-46(54)47-22-6-10-30-55(47)67/h2-39H,1H2. The van der Waals surface area contributed by atoms with Gasteiger partial charge in [0.1, 0.15) is 11.2 Å². The minimum atomic E-state index is -0.428. The second-order valence-electron chi connectivity index (χ2n) is 18.8. The van der Waals surface area contributed by atoms with Crippen molar-refractivity contribution in [3.63, 3.8) is 0 Å². The molecule has 330 valence electrons. The molecule has 3 aliphatic rings. The Morgan fingerprint density at radius 3 is 1.85 bits per heavy atom. The van der Waals surface area contributed by atoms with Gasteiger partial charge in [-0.1, -0.05) is 201 Å². The van der Waals surface area contributed by atoms with E-state index in [2.05, 4.69) is 231 Å². The normalized spacial score (nSPS) is 14.3. The van der Waals surface area contributed by atoms with Crippen molar-refractivity contribution in [3.8, 4) is 44.5 Å². The average molecular weight is 921 g/mol. The molecule has 0 saturated heterocycles. The highest BCUT2D eigenvalue weighted by atomic mass is 32.1. The van der Waals surface area contributed by atoms with Crippen LogP contribution in [0, 0.1) is 0 Å². The predicted molar refractivity (Wildman–Crippen MR) is 297 cm³/mol. The number of hydrogen-bond donors (Lipinski definition) is 0. The van der Waals surface area contributed by atoms with Crippen molar-refractivity contribution in [1.82, 2.24) is 0 Å². The number of fused-ring (bicyclic) bond motifs is 16. The van der Waals surface area contributed by atoms with E-state index in [9.17, 15) is 0 Å². The molecule has 0 saturated carbocycles. The first-order valence-electron chi connectivity index (χ1n) is 24.2. The summed E-state index contributed by atoms with van der Waals surface area (Å²) in [5, 5.41) is 4.48. The van der Waals surface area contributed by atoms with Gasteiger partial charge in [0, 0.05) is 47.6 Å². The van der Waals surface area contributed by atoms with Crippen molar-refractivity contribution in [1.29, 1.82) is 0 Å². The molecule has 0 atom stereocenters. The third kappa shape index (κ3) is 5.77. The fraction of sp³-hybridized carbons (Fsp3) is 0.0149. The highest BCUT2D eigenvalue weighted by Crippen LogP contribution is 2.64. The summed E-state index contributed by atoms with van der Waals surface area (Å²) in [6.45, 7) is 4.76. The number of amidine groups is 1. The zero-order chi connectivity index (χ0) is 46.8. The van der Waals surface area contributed by atoms with Gasteiger partial charge in [0.2, 0.25) is 0 Å². The van der Waals surface area contributed by atoms with Crippen molar-refractivity contribution >= 4 is 70.7 Å². The van der Waals surface area contributed by atoms with Crippen LogP contribution >= 0.6 is 11.3 Å². The van der Waals surface area contributed by atoms with E-state index in [1.54, 1.807) is 11.3 Å². The second kappa shape index (κ2) is 15.3. The summed E-state index contributed by atoms with van der Waals surface area (Å²) >= 11 is 1.80. The van der Waals surface area contributed by atoms with Crippen LogP contribution < -0.4 is 0 Å². The van der Waals surface area contributed by atoms with E-state index in [4.69, 9.17) is 21.0 Å². The van der Waals surface area contributed by atoms with Gasteiger partial charge >= 0.3 is 0 Å². The zero-order valence-electron chi connectivity index (χ0n) is 38.4. The third-order valence-corrected chi connectivity index (χ3v) is 16.3. The molecule has 3 heterocycles. The lowest BCUT2D eigenvalue weighted by Crippen LogP contribution is -2.25. The molecule has 0 N–H and O–H groups in total. The summed E-state index contributed by atoms with van der Waals surface area (Å²) in [5.41, 5.74) is 21.5. The number of thiophene rings is 1. The highest BCUT2D eigenvalue weighted by molar-refractivity contribution is 7.26. The molecule has 71 heavy (non-hydrogen) atoms. The van der Waals surface area contributed by atoms with Gasteiger partial charge in [-0.2, -0.15) is 0 Å². The summed E-state index contributed by atoms with van der Waals surface area (Å²) in [6, 6.07) is 81.1. The predicted octanol–water partition coefficient (Wildman–Crippen LogP) is 17.5. The van der Waals surface area contributed by atoms with Gasteiger partial charge in [0.25, 0.3) is 0 Å². The van der Waals surface area contributed by atoms with Crippen molar-refractivity contribution in [2.75, 3.05) is 0 Å². The minimum Gasteiger partial charge on any atom is -0.456 e. The minimum absolute atomic E-state index is 0.428. The van der Waals surface area contributed by atoms with Crippen LogP contribution in [0.1, 0.15) is 38.9 Å². The number of nitrogens with zero attached hydrogens (tertiary/aromatic N) is 2. The third-order valence-electron chi connectivity index (χ3n) is 15.0. The molecule has 3 nitrogen and oxygen atoms in total. The van der Waals surface area contributed by atoms with E-state index >= 15 is 0 Å². The molecule has 0 amide bonds. The molecule has 10 aromatic carbocycles. The first-order valence-corrected chi connectivity index (χ1v) is 25.0. The van der Waals surface area contributed by atoms with Crippen molar-refractivity contribution in [3.05, 3.63) is 282 Å². The Hall–Kier alpha value is -8.96. The van der Waals surface area contributed by atoms with E-state index in [1.807, 2.05) is 0 Å². The van der Waals surface area contributed by atoms with Gasteiger partial charge in [0.05, 0.1) is 16.8 Å². The lowest BCUT2D eigenvalue weighted by molar-refractivity contribution is 0.669. The number of allylic oxidation sites excluding steroid dienone is 2. The van der Waals surface area contributed by atoms with Crippen LogP contribution in [0.3, 0.4) is 0 Å². The molecule has 2 aromatic heterocycles. The van der Waals surface area contributed by atoms with Gasteiger partial charge in [-0.15, -0.1) is 11.3 Å². The lowest BCUT2D eigenvalue weighted by Gasteiger charge is -2.30. The average Bonchev–Trinajstić information content (AvgIpc) is 4.14. The fourth-order valence-corrected chi connectivity index (χ4v) is 13.3. The number of hydrogen-bond acceptors (Lipinski definition) is 4. The Morgan fingerprint density at radius 2 is 1.01 bits per heavy atom. The molecule has 0 unspecified atom stereocenters. The number of rotatable bonds is 5. The molecule has 0 fully saturated rings. The van der Waals surface area contributed by atoms with Crippen LogP contribution in [0.15, 0.2) is 257 Å². The molecule has 0 radical (unpaired) electrons. The van der Waals surface area contributed by atoms with Crippen LogP contribution in [-0.4, -0.2) is 11.5 Å².